The van der Waals surface area contributed by atoms with Crippen molar-refractivity contribution in [3.05, 3.63) is 81.3 Å². The molecule has 4 rings (SSSR count). The standard InChI is InChI=1S/C23H21ClN4O3/c1-3-29-19-10-15(7-8-18(19)30-12-14-5-4-6-16(24)9-14)21-17(11-25)22(26)31-23-20(21)13(2)27-28-23/h4-10,21H,3,12,26H2,1-2H3,(H,27,28)/t21-/m1/s1. The molecule has 0 saturated carbocycles. The van der Waals surface area contributed by atoms with Crippen molar-refractivity contribution < 1.29 is 14.2 Å². The lowest BCUT2D eigenvalue weighted by Crippen LogP contribution is -2.21. The molecule has 31 heavy (non-hydrogen) atoms. The maximum atomic E-state index is 9.74. The van der Waals surface area contributed by atoms with E-state index in [1.165, 1.54) is 0 Å². The van der Waals surface area contributed by atoms with E-state index in [2.05, 4.69) is 16.3 Å². The van der Waals surface area contributed by atoms with E-state index in [4.69, 9.17) is 31.5 Å². The van der Waals surface area contributed by atoms with Gasteiger partial charge in [-0.05, 0) is 49.2 Å². The molecule has 8 heteroatoms. The quantitative estimate of drug-likeness (QED) is 0.586. The molecule has 2 aromatic carbocycles. The Morgan fingerprint density at radius 3 is 2.81 bits per heavy atom. The molecule has 1 aromatic heterocycles. The van der Waals surface area contributed by atoms with Crippen molar-refractivity contribution in [3.8, 4) is 23.4 Å². The molecular formula is C23H21ClN4O3. The zero-order valence-corrected chi connectivity index (χ0v) is 17.9. The molecule has 3 N–H and O–H groups in total. The third-order valence-electron chi connectivity index (χ3n) is 5.01. The lowest BCUT2D eigenvalue weighted by atomic mass is 9.84. The second-order valence-corrected chi connectivity index (χ2v) is 7.49. The fraction of sp³-hybridized carbons (Fsp3) is 0.217. The van der Waals surface area contributed by atoms with E-state index in [9.17, 15) is 5.26 Å². The number of hydrogen-bond acceptors (Lipinski definition) is 6. The Labute approximate surface area is 185 Å². The second-order valence-electron chi connectivity index (χ2n) is 7.05. The molecule has 3 aromatic rings. The van der Waals surface area contributed by atoms with Crippen molar-refractivity contribution in [1.82, 2.24) is 10.2 Å². The van der Waals surface area contributed by atoms with Gasteiger partial charge in [0.25, 0.3) is 0 Å². The van der Waals surface area contributed by atoms with E-state index < -0.39 is 5.92 Å². The lowest BCUT2D eigenvalue weighted by Gasteiger charge is -2.24. The van der Waals surface area contributed by atoms with Crippen molar-refractivity contribution in [2.75, 3.05) is 6.61 Å². The predicted molar refractivity (Wildman–Crippen MR) is 116 cm³/mol. The molecule has 0 fully saturated rings. The molecule has 2 heterocycles. The van der Waals surface area contributed by atoms with Crippen LogP contribution in [0.1, 0.15) is 35.2 Å². The first-order valence-corrected chi connectivity index (χ1v) is 10.2. The van der Waals surface area contributed by atoms with Gasteiger partial charge in [0.15, 0.2) is 11.5 Å². The minimum absolute atomic E-state index is 0.0470. The number of aryl methyl sites for hydroxylation is 1. The topological polar surface area (TPSA) is 106 Å². The number of halogens is 1. The number of aromatic amines is 1. The van der Waals surface area contributed by atoms with Gasteiger partial charge in [-0.3, -0.25) is 5.10 Å². The van der Waals surface area contributed by atoms with Crippen LogP contribution in [-0.4, -0.2) is 16.8 Å². The van der Waals surface area contributed by atoms with E-state index in [-0.39, 0.29) is 5.88 Å². The fourth-order valence-electron chi connectivity index (χ4n) is 3.61. The minimum atomic E-state index is -0.423. The van der Waals surface area contributed by atoms with E-state index in [1.807, 2.05) is 56.3 Å². The zero-order valence-electron chi connectivity index (χ0n) is 17.1. The molecule has 7 nitrogen and oxygen atoms in total. The van der Waals surface area contributed by atoms with Crippen LogP contribution in [0.25, 0.3) is 0 Å². The number of nitrogens with one attached hydrogen (secondary N) is 1. The van der Waals surface area contributed by atoms with Crippen LogP contribution >= 0.6 is 11.6 Å². The summed E-state index contributed by atoms with van der Waals surface area (Å²) in [5, 5.41) is 17.5. The Hall–Kier alpha value is -3.63. The molecule has 1 atom stereocenters. The highest BCUT2D eigenvalue weighted by Gasteiger charge is 2.34. The van der Waals surface area contributed by atoms with Crippen molar-refractivity contribution in [2.45, 2.75) is 26.4 Å². The maximum Gasteiger partial charge on any atom is 0.244 e. The molecule has 0 unspecified atom stereocenters. The molecule has 0 radical (unpaired) electrons. The van der Waals surface area contributed by atoms with Crippen molar-refractivity contribution in [3.63, 3.8) is 0 Å². The maximum absolute atomic E-state index is 9.74. The van der Waals surface area contributed by atoms with Gasteiger partial charge in [0.2, 0.25) is 11.8 Å². The number of hydrogen-bond donors (Lipinski definition) is 2. The third kappa shape index (κ3) is 4.03. The molecule has 1 aliphatic rings. The van der Waals surface area contributed by atoms with Gasteiger partial charge in [-0.2, -0.15) is 5.26 Å². The number of nitriles is 1. The Morgan fingerprint density at radius 1 is 1.23 bits per heavy atom. The van der Waals surface area contributed by atoms with Crippen LogP contribution in [-0.2, 0) is 6.61 Å². The van der Waals surface area contributed by atoms with Gasteiger partial charge in [-0.25, -0.2) is 0 Å². The molecule has 158 valence electrons. The van der Waals surface area contributed by atoms with Crippen LogP contribution in [0.4, 0.5) is 0 Å². The van der Waals surface area contributed by atoms with Gasteiger partial charge < -0.3 is 19.9 Å². The minimum Gasteiger partial charge on any atom is -0.490 e. The van der Waals surface area contributed by atoms with Crippen LogP contribution < -0.4 is 19.9 Å². The summed E-state index contributed by atoms with van der Waals surface area (Å²) >= 11 is 6.06. The number of aromatic nitrogens is 2. The van der Waals surface area contributed by atoms with Gasteiger partial charge >= 0.3 is 0 Å². The number of fused-ring (bicyclic) bond motifs is 1. The summed E-state index contributed by atoms with van der Waals surface area (Å²) in [6.07, 6.45) is 0. The summed E-state index contributed by atoms with van der Waals surface area (Å²) < 4.78 is 17.4. The molecule has 0 aliphatic carbocycles. The molecule has 0 bridgehead atoms. The summed E-state index contributed by atoms with van der Waals surface area (Å²) in [4.78, 5) is 0. The third-order valence-corrected chi connectivity index (χ3v) is 5.25. The number of ether oxygens (including phenoxy) is 3. The van der Waals surface area contributed by atoms with Crippen molar-refractivity contribution in [1.29, 1.82) is 5.26 Å². The van der Waals surface area contributed by atoms with E-state index in [0.717, 1.165) is 22.4 Å². The summed E-state index contributed by atoms with van der Waals surface area (Å²) in [6.45, 7) is 4.59. The van der Waals surface area contributed by atoms with Crippen LogP contribution in [0, 0.1) is 18.3 Å². The van der Waals surface area contributed by atoms with Gasteiger partial charge in [0.05, 0.1) is 12.5 Å². The Balaban J connectivity index is 1.70. The lowest BCUT2D eigenvalue weighted by molar-refractivity contribution is 0.269. The fourth-order valence-corrected chi connectivity index (χ4v) is 3.82. The first-order valence-electron chi connectivity index (χ1n) is 9.78. The van der Waals surface area contributed by atoms with Crippen molar-refractivity contribution in [2.24, 2.45) is 5.73 Å². The number of nitrogens with two attached hydrogens (primary N) is 1. The van der Waals surface area contributed by atoms with E-state index in [1.54, 1.807) is 0 Å². The number of H-pyrrole nitrogens is 1. The van der Waals surface area contributed by atoms with E-state index in [0.29, 0.717) is 41.2 Å². The molecule has 1 aliphatic heterocycles. The molecule has 0 spiro atoms. The number of nitrogens with zero attached hydrogens (tertiary/aromatic N) is 2. The van der Waals surface area contributed by atoms with Gasteiger partial charge in [-0.15, -0.1) is 5.10 Å². The monoisotopic (exact) mass is 436 g/mol. The highest BCUT2D eigenvalue weighted by Crippen LogP contribution is 2.44. The normalized spacial score (nSPS) is 15.1. The van der Waals surface area contributed by atoms with Crippen LogP contribution in [0.2, 0.25) is 5.02 Å². The van der Waals surface area contributed by atoms with Gasteiger partial charge in [0, 0.05) is 16.3 Å². The summed E-state index contributed by atoms with van der Waals surface area (Å²) in [7, 11) is 0. The molecule has 0 saturated heterocycles. The summed E-state index contributed by atoms with van der Waals surface area (Å²) in [5.41, 5.74) is 9.69. The second kappa shape index (κ2) is 8.62. The Bertz CT molecular complexity index is 1200. The number of benzene rings is 2. The summed E-state index contributed by atoms with van der Waals surface area (Å²) in [6, 6.07) is 15.3. The molecule has 0 amide bonds. The largest absolute Gasteiger partial charge is 0.490 e. The highest BCUT2D eigenvalue weighted by molar-refractivity contribution is 6.30. The molecular weight excluding hydrogens is 416 g/mol. The Kier molecular flexibility index (Phi) is 5.74. The SMILES string of the molecule is CCOc1cc([C@@H]2C(C#N)=C(N)Oc3n[nH]c(C)c32)ccc1OCc1cccc(Cl)c1. The van der Waals surface area contributed by atoms with Crippen LogP contribution in [0.5, 0.6) is 17.4 Å². The van der Waals surface area contributed by atoms with Crippen LogP contribution in [0.15, 0.2) is 53.9 Å². The van der Waals surface area contributed by atoms with Crippen molar-refractivity contribution >= 4 is 11.6 Å². The average molecular weight is 437 g/mol. The number of rotatable bonds is 6. The first-order chi connectivity index (χ1) is 15.0. The first kappa shape index (κ1) is 20.6. The highest BCUT2D eigenvalue weighted by atomic mass is 35.5. The average Bonchev–Trinajstić information content (AvgIpc) is 3.12. The Morgan fingerprint density at radius 2 is 2.06 bits per heavy atom. The van der Waals surface area contributed by atoms with Gasteiger partial charge in [0.1, 0.15) is 18.2 Å². The van der Waals surface area contributed by atoms with Gasteiger partial charge in [-0.1, -0.05) is 29.8 Å². The predicted octanol–water partition coefficient (Wildman–Crippen LogP) is 4.57. The number of allylic oxidation sites excluding steroid dienone is 1. The summed E-state index contributed by atoms with van der Waals surface area (Å²) in [5.74, 6) is 1.17. The smallest absolute Gasteiger partial charge is 0.244 e. The van der Waals surface area contributed by atoms with Crippen LogP contribution in [0.3, 0.4) is 0 Å². The van der Waals surface area contributed by atoms with E-state index >= 15 is 0 Å². The zero-order chi connectivity index (χ0) is 22.0.